The molecular weight excluding hydrogens is 2010 g/mol. The summed E-state index contributed by atoms with van der Waals surface area (Å²) in [6.45, 7) is 1.96. The lowest BCUT2D eigenvalue weighted by atomic mass is 10.1. The van der Waals surface area contributed by atoms with Gasteiger partial charge in [0, 0.05) is 120 Å². The van der Waals surface area contributed by atoms with E-state index in [4.69, 9.17) is 52.2 Å². The Morgan fingerprint density at radius 2 is 0.582 bits per heavy atom. The standard InChI is InChI=1S/C15H12F6N2O2.2C15H15F3N2O2.C14H9ClF6N2O.C14H10F6N2O2.C14H10F6N2OS/c1-22-10-6-12-11(23(2-3-25-12)7-14(16,17)18)4-8(10)9(5-13(22)24)15(19,20)21;1-3-20-4-5-22-13-8-11-9(6-12(13)20)10(15(16,17)18)7-14(21)19(11)2;1-2-3-20-4-5-22-13-8-11-9(6-12(13)20)10(15(16,17)18)7-14(21)19-11;15-12-4-8(14(19,20)21)7-3-10-11(5-9(7)22-12)24-2-1-23(10)6-13(16,17)18;15-13(16,17)6-22-1-2-24-11-5-9-7(3-10(11)22)8(14(18,19)20)4-12(23)21-9;15-13(16,17)6-22-1-2-23-11-5-9-7(3-10(11)22)8(14(18,19)20)4-12(24)21-9/h4-6H,2-3,7H2,1H3;6-8H,3-5H2,1-2H3;6-8H,2-5H2,1H3,(H,19,21);3-5H,1-2,6H2;3-5H,1-2,6H2,(H,21,23);3-5H,1-2,6H2,(H,21,24). The highest BCUT2D eigenvalue weighted by atomic mass is 35.5. The van der Waals surface area contributed by atoms with Gasteiger partial charge in [-0.2, -0.15) is 132 Å². The first-order valence-electron chi connectivity index (χ1n) is 41.4. The number of rotatable bonds is 7. The predicted molar refractivity (Wildman–Crippen MR) is 460 cm³/mol. The largest absolute Gasteiger partial charge is 0.489 e. The quantitative estimate of drug-likeness (QED) is 0.0769. The monoisotopic (exact) mass is 2080 g/mol. The average molecular weight is 2080 g/mol. The minimum atomic E-state index is -4.82. The maximum absolute atomic E-state index is 13.3. The van der Waals surface area contributed by atoms with Crippen molar-refractivity contribution in [3.8, 4) is 34.5 Å². The number of aromatic amines is 3. The Morgan fingerprint density at radius 3 is 0.901 bits per heavy atom. The zero-order valence-electron chi connectivity index (χ0n) is 72.6. The smallest absolute Gasteiger partial charge is 0.417 e. The molecule has 0 saturated heterocycles. The van der Waals surface area contributed by atoms with E-state index in [1.165, 1.54) is 61.1 Å². The van der Waals surface area contributed by atoms with E-state index < -0.39 is 149 Å². The molecule has 6 aliphatic rings. The van der Waals surface area contributed by atoms with Crippen LogP contribution in [-0.2, 0) is 51.2 Å². The molecule has 6 aromatic carbocycles. The number of nitrogens with one attached hydrogen (secondary N) is 3. The highest BCUT2D eigenvalue weighted by molar-refractivity contribution is 7.71. The van der Waals surface area contributed by atoms with Crippen molar-refractivity contribution in [1.29, 1.82) is 0 Å². The van der Waals surface area contributed by atoms with Crippen molar-refractivity contribution in [2.24, 2.45) is 14.1 Å². The Labute approximate surface area is 781 Å². The molecule has 0 bridgehead atoms. The second kappa shape index (κ2) is 39.5. The Hall–Kier alpha value is -13.0. The summed E-state index contributed by atoms with van der Waals surface area (Å²) in [5.74, 6) is 1.14. The van der Waals surface area contributed by atoms with Crippen molar-refractivity contribution in [2.75, 3.05) is 148 Å². The molecule has 762 valence electrons. The fraction of sp³-hybridized carbons (Fsp3) is 0.379. The number of likely N-dealkylation sites (N-methyl/N-ethyl adjacent to an activating group) is 1. The summed E-state index contributed by atoms with van der Waals surface area (Å²) in [5.41, 5.74) is -8.47. The van der Waals surface area contributed by atoms with Gasteiger partial charge in [-0.25, -0.2) is 4.98 Å². The van der Waals surface area contributed by atoms with Crippen LogP contribution in [0.25, 0.3) is 65.4 Å². The van der Waals surface area contributed by atoms with Gasteiger partial charge in [0.05, 0.1) is 140 Å². The molecule has 54 heteroatoms. The number of hydrogen-bond donors (Lipinski definition) is 3. The van der Waals surface area contributed by atoms with Crippen molar-refractivity contribution in [3.63, 3.8) is 0 Å². The van der Waals surface area contributed by atoms with Gasteiger partial charge < -0.3 is 81.9 Å². The molecule has 22 nitrogen and oxygen atoms in total. The van der Waals surface area contributed by atoms with E-state index in [1.807, 2.05) is 23.6 Å². The van der Waals surface area contributed by atoms with E-state index in [0.717, 1.165) is 73.5 Å². The molecule has 0 amide bonds. The van der Waals surface area contributed by atoms with Crippen LogP contribution in [0.2, 0.25) is 5.15 Å². The number of aryl methyl sites for hydroxylation is 2. The minimum Gasteiger partial charge on any atom is -0.489 e. The topological polar surface area (TPSA) is 213 Å². The Kier molecular flexibility index (Phi) is 29.5. The molecule has 0 saturated carbocycles. The number of alkyl halides is 30. The third-order valence-corrected chi connectivity index (χ3v) is 22.6. The van der Waals surface area contributed by atoms with Crippen LogP contribution >= 0.6 is 23.8 Å². The van der Waals surface area contributed by atoms with Crippen LogP contribution in [0.5, 0.6) is 34.5 Å². The normalized spacial score (nSPS) is 15.2. The minimum absolute atomic E-state index is 0.00651. The maximum atomic E-state index is 13.3. The van der Waals surface area contributed by atoms with Crippen LogP contribution in [-0.4, -0.2) is 172 Å². The number of halogens is 31. The SMILES string of the molecule is CCCN1CCOc2cc3[nH]c(=O)cc(C(F)(F)F)c3cc21.CCN1CCOc2cc3c(cc21)c(C(F)(F)F)cc(=O)n3C.Cn1c(=O)cc(C(F)(F)F)c2cc3c(cc21)OCCN3CC(F)(F)F.FC(F)(F)CN1CCOc2cc3[nH]c(=S)cc(C(F)(F)F)c3cc21.FC(F)(F)CN1CCOc2cc3nc(Cl)cc(C(F)(F)F)c3cc21.O=c1cc(C(F)(F)F)c2cc3c(cc2[nH]1)OCCN3CC(F)(F)F. The molecule has 0 radical (unpaired) electrons. The van der Waals surface area contributed by atoms with Gasteiger partial charge in [0.2, 0.25) is 11.1 Å². The fourth-order valence-corrected chi connectivity index (χ4v) is 16.6. The zero-order valence-corrected chi connectivity index (χ0v) is 74.1. The molecule has 141 heavy (non-hydrogen) atoms. The van der Waals surface area contributed by atoms with Gasteiger partial charge >= 0.3 is 61.8 Å². The van der Waals surface area contributed by atoms with Gasteiger partial charge in [-0.05, 0) is 61.9 Å². The number of hydrogen-bond acceptors (Lipinski definition) is 18. The number of aromatic nitrogens is 6. The van der Waals surface area contributed by atoms with Gasteiger partial charge in [0.15, 0.2) is 0 Å². The summed E-state index contributed by atoms with van der Waals surface area (Å²) in [6, 6.07) is 18.1. The summed E-state index contributed by atoms with van der Waals surface area (Å²) >= 11 is 10.4. The average Bonchev–Trinajstić information content (AvgIpc) is 0.770. The summed E-state index contributed by atoms with van der Waals surface area (Å²) in [4.78, 5) is 65.3. The number of anilines is 6. The van der Waals surface area contributed by atoms with E-state index in [1.54, 1.807) is 0 Å². The summed E-state index contributed by atoms with van der Waals surface area (Å²) in [7, 11) is 2.74. The van der Waals surface area contributed by atoms with E-state index >= 15 is 0 Å². The Morgan fingerprint density at radius 1 is 0.319 bits per heavy atom. The molecule has 18 rings (SSSR count). The van der Waals surface area contributed by atoms with E-state index in [2.05, 4.69) is 19.9 Å². The van der Waals surface area contributed by atoms with Crippen molar-refractivity contribution in [2.45, 2.75) is 82.0 Å². The third kappa shape index (κ3) is 24.6. The van der Waals surface area contributed by atoms with Crippen LogP contribution in [0.15, 0.2) is 128 Å². The van der Waals surface area contributed by atoms with Crippen molar-refractivity contribution < 1.29 is 160 Å². The van der Waals surface area contributed by atoms with E-state index in [-0.39, 0.29) is 168 Å². The highest BCUT2D eigenvalue weighted by Gasteiger charge is 2.45. The van der Waals surface area contributed by atoms with Gasteiger partial charge in [0.1, 0.15) is 110 Å². The Balaban J connectivity index is 0.000000142. The molecule has 3 N–H and O–H groups in total. The lowest BCUT2D eigenvalue weighted by Crippen LogP contribution is -2.39. The third-order valence-electron chi connectivity index (χ3n) is 22.2. The first-order valence-corrected chi connectivity index (χ1v) is 42.2. The van der Waals surface area contributed by atoms with Crippen LogP contribution in [0.1, 0.15) is 53.6 Å². The molecule has 6 aliphatic heterocycles. The van der Waals surface area contributed by atoms with Gasteiger partial charge in [-0.3, -0.25) is 19.2 Å². The number of fused-ring (bicyclic) bond motifs is 12. The van der Waals surface area contributed by atoms with Gasteiger partial charge in [-0.1, -0.05) is 30.7 Å². The number of ether oxygens (including phenoxy) is 6. The second-order valence-electron chi connectivity index (χ2n) is 31.9. The Bertz CT molecular complexity index is 6930. The van der Waals surface area contributed by atoms with Gasteiger partial charge in [0.25, 0.3) is 11.1 Å². The number of benzene rings is 6. The second-order valence-corrected chi connectivity index (χ2v) is 32.8. The number of pyridine rings is 6. The molecule has 0 unspecified atom stereocenters. The van der Waals surface area contributed by atoms with Crippen molar-refractivity contribution in [1.82, 2.24) is 29.1 Å². The predicted octanol–water partition coefficient (Wildman–Crippen LogP) is 21.9. The van der Waals surface area contributed by atoms with E-state index in [0.29, 0.717) is 86.1 Å². The molecule has 12 aromatic rings. The molecule has 12 heterocycles. The molecular formula is C87H71ClF30N12O10S. The van der Waals surface area contributed by atoms with E-state index in [9.17, 15) is 151 Å². The van der Waals surface area contributed by atoms with Crippen molar-refractivity contribution in [3.05, 3.63) is 194 Å². The number of nitrogens with zero attached hydrogens (tertiary/aromatic N) is 9. The van der Waals surface area contributed by atoms with Crippen LogP contribution < -0.4 is 80.1 Å². The first-order chi connectivity index (χ1) is 65.3. The molecule has 0 atom stereocenters. The summed E-state index contributed by atoms with van der Waals surface area (Å²) in [5, 5.41) is -1.70. The molecule has 0 spiro atoms. The molecule has 6 aromatic heterocycles. The summed E-state index contributed by atoms with van der Waals surface area (Å²) < 4.78 is 424. The fourth-order valence-electron chi connectivity index (χ4n) is 16.2. The number of H-pyrrole nitrogens is 3. The highest BCUT2D eigenvalue weighted by Crippen LogP contribution is 2.50. The lowest BCUT2D eigenvalue weighted by Gasteiger charge is -2.32. The zero-order chi connectivity index (χ0) is 104. The van der Waals surface area contributed by atoms with Gasteiger partial charge in [-0.15, -0.1) is 0 Å². The maximum Gasteiger partial charge on any atom is 0.417 e. The first kappa shape index (κ1) is 105. The van der Waals surface area contributed by atoms with Crippen LogP contribution in [0.4, 0.5) is 166 Å². The molecule has 0 fully saturated rings. The van der Waals surface area contributed by atoms with Crippen LogP contribution in [0.3, 0.4) is 0 Å². The molecule has 0 aliphatic carbocycles. The summed E-state index contributed by atoms with van der Waals surface area (Å²) in [6.07, 6.45) is -45.3. The lowest BCUT2D eigenvalue weighted by molar-refractivity contribution is -0.137. The van der Waals surface area contributed by atoms with Crippen molar-refractivity contribution >= 4 is 123 Å². The van der Waals surface area contributed by atoms with Crippen LogP contribution in [0, 0.1) is 4.64 Å².